The van der Waals surface area contributed by atoms with E-state index in [2.05, 4.69) is 5.32 Å². The van der Waals surface area contributed by atoms with E-state index in [-0.39, 0.29) is 11.7 Å². The van der Waals surface area contributed by atoms with Crippen LogP contribution in [-0.4, -0.2) is 38.8 Å². The molecular formula is C9H17NO3S. The van der Waals surface area contributed by atoms with E-state index in [4.69, 9.17) is 4.74 Å². The van der Waals surface area contributed by atoms with Gasteiger partial charge in [0.05, 0.1) is 18.1 Å². The Morgan fingerprint density at radius 3 is 2.86 bits per heavy atom. The van der Waals surface area contributed by atoms with Gasteiger partial charge >= 0.3 is 0 Å². The van der Waals surface area contributed by atoms with Crippen molar-refractivity contribution < 1.29 is 13.2 Å². The Morgan fingerprint density at radius 2 is 2.29 bits per heavy atom. The first-order valence-corrected chi connectivity index (χ1v) is 6.93. The first kappa shape index (κ1) is 10.4. The highest BCUT2D eigenvalue weighted by Crippen LogP contribution is 2.31. The van der Waals surface area contributed by atoms with Gasteiger partial charge < -0.3 is 4.74 Å². The number of hydrogen-bond acceptors (Lipinski definition) is 4. The number of rotatable bonds is 1. The molecule has 0 saturated carbocycles. The molecule has 0 aromatic rings. The van der Waals surface area contributed by atoms with Gasteiger partial charge in [0.1, 0.15) is 5.72 Å². The van der Waals surface area contributed by atoms with Crippen molar-refractivity contribution in [1.29, 1.82) is 0 Å². The van der Waals surface area contributed by atoms with Crippen molar-refractivity contribution in [3.05, 3.63) is 0 Å². The highest BCUT2D eigenvalue weighted by atomic mass is 32.2. The number of hydrogen-bond donors (Lipinski definition) is 1. The first-order valence-electron chi connectivity index (χ1n) is 5.11. The van der Waals surface area contributed by atoms with Gasteiger partial charge in [-0.15, -0.1) is 0 Å². The second-order valence-corrected chi connectivity index (χ2v) is 6.56. The molecule has 0 aliphatic carbocycles. The number of nitrogens with one attached hydrogen (secondary N) is 1. The maximum atomic E-state index is 11.5. The smallest absolute Gasteiger partial charge is 0.150 e. The molecule has 0 aromatic heterocycles. The topological polar surface area (TPSA) is 55.4 Å². The Balaban J connectivity index is 2.11. The average molecular weight is 219 g/mol. The fraction of sp³-hybridized carbons (Fsp3) is 1.00. The average Bonchev–Trinajstić information content (AvgIpc) is 2.52. The van der Waals surface area contributed by atoms with Crippen molar-refractivity contribution in [3.8, 4) is 0 Å². The van der Waals surface area contributed by atoms with Crippen LogP contribution in [0.25, 0.3) is 0 Å². The molecule has 2 aliphatic heterocycles. The third-order valence-electron chi connectivity index (χ3n) is 3.22. The summed E-state index contributed by atoms with van der Waals surface area (Å²) in [5.41, 5.74) is -0.409. The monoisotopic (exact) mass is 219 g/mol. The van der Waals surface area contributed by atoms with Crippen molar-refractivity contribution in [2.45, 2.75) is 25.5 Å². The molecule has 1 N–H and O–H groups in total. The summed E-state index contributed by atoms with van der Waals surface area (Å²) in [6.07, 6.45) is 1.72. The van der Waals surface area contributed by atoms with Crippen molar-refractivity contribution >= 4 is 9.84 Å². The van der Waals surface area contributed by atoms with Crippen molar-refractivity contribution in [1.82, 2.24) is 5.32 Å². The Labute approximate surface area is 84.9 Å². The van der Waals surface area contributed by atoms with Gasteiger partial charge in [0.2, 0.25) is 0 Å². The lowest BCUT2D eigenvalue weighted by Crippen LogP contribution is -2.49. The minimum absolute atomic E-state index is 0.115. The van der Waals surface area contributed by atoms with Gasteiger partial charge in [-0.05, 0) is 19.8 Å². The summed E-state index contributed by atoms with van der Waals surface area (Å²) in [6, 6.07) is 0. The summed E-state index contributed by atoms with van der Waals surface area (Å²) < 4.78 is 28.6. The summed E-state index contributed by atoms with van der Waals surface area (Å²) >= 11 is 0. The second kappa shape index (κ2) is 3.47. The molecule has 2 heterocycles. The highest BCUT2D eigenvalue weighted by molar-refractivity contribution is 7.91. The molecule has 2 aliphatic rings. The van der Waals surface area contributed by atoms with Gasteiger partial charge in [-0.25, -0.2) is 8.42 Å². The molecule has 2 atom stereocenters. The van der Waals surface area contributed by atoms with Crippen molar-refractivity contribution in [3.63, 3.8) is 0 Å². The van der Waals surface area contributed by atoms with Gasteiger partial charge in [-0.3, -0.25) is 5.32 Å². The van der Waals surface area contributed by atoms with Crippen LogP contribution < -0.4 is 5.32 Å². The van der Waals surface area contributed by atoms with Crippen LogP contribution in [0.3, 0.4) is 0 Å². The Hall–Kier alpha value is -0.130. The molecule has 14 heavy (non-hydrogen) atoms. The third-order valence-corrected chi connectivity index (χ3v) is 5.04. The quantitative estimate of drug-likeness (QED) is 0.682. The molecule has 0 spiro atoms. The van der Waals surface area contributed by atoms with Crippen LogP contribution in [0.4, 0.5) is 0 Å². The van der Waals surface area contributed by atoms with Crippen LogP contribution in [0.1, 0.15) is 19.8 Å². The highest BCUT2D eigenvalue weighted by Gasteiger charge is 2.41. The predicted octanol–water partition coefficient (Wildman–Crippen LogP) is 0.147. The minimum Gasteiger partial charge on any atom is -0.359 e. The molecule has 2 unspecified atom stereocenters. The zero-order chi connectivity index (χ0) is 10.2. The zero-order valence-electron chi connectivity index (χ0n) is 8.45. The van der Waals surface area contributed by atoms with Gasteiger partial charge in [0.15, 0.2) is 9.84 Å². The SMILES string of the molecule is CC1(C2CCCS(=O)(=O)C2)NCCO1. The van der Waals surface area contributed by atoms with Crippen LogP contribution in [0.2, 0.25) is 0 Å². The fourth-order valence-electron chi connectivity index (χ4n) is 2.33. The van der Waals surface area contributed by atoms with E-state index in [1.165, 1.54) is 0 Å². The molecule has 0 bridgehead atoms. The summed E-state index contributed by atoms with van der Waals surface area (Å²) in [7, 11) is -2.83. The fourth-order valence-corrected chi connectivity index (χ4v) is 4.20. The Morgan fingerprint density at radius 1 is 1.50 bits per heavy atom. The molecule has 2 saturated heterocycles. The lowest BCUT2D eigenvalue weighted by atomic mass is 9.94. The van der Waals surface area contributed by atoms with Crippen molar-refractivity contribution in [2.75, 3.05) is 24.7 Å². The van der Waals surface area contributed by atoms with E-state index in [1.54, 1.807) is 0 Å². The lowest BCUT2D eigenvalue weighted by molar-refractivity contribution is -0.0397. The van der Waals surface area contributed by atoms with Crippen LogP contribution >= 0.6 is 0 Å². The predicted molar refractivity (Wildman–Crippen MR) is 53.7 cm³/mol. The molecule has 82 valence electrons. The van der Waals surface area contributed by atoms with Gasteiger partial charge in [-0.1, -0.05) is 0 Å². The van der Waals surface area contributed by atoms with Gasteiger partial charge in [0.25, 0.3) is 0 Å². The summed E-state index contributed by atoms with van der Waals surface area (Å²) in [4.78, 5) is 0. The van der Waals surface area contributed by atoms with E-state index in [0.29, 0.717) is 12.4 Å². The molecule has 5 heteroatoms. The van der Waals surface area contributed by atoms with Crippen LogP contribution in [0, 0.1) is 5.92 Å². The molecule has 2 rings (SSSR count). The number of ether oxygens (including phenoxy) is 1. The molecule has 0 amide bonds. The Bertz CT molecular complexity index is 306. The maximum Gasteiger partial charge on any atom is 0.150 e. The van der Waals surface area contributed by atoms with Gasteiger partial charge in [-0.2, -0.15) is 0 Å². The molecule has 2 fully saturated rings. The zero-order valence-corrected chi connectivity index (χ0v) is 9.27. The molecular weight excluding hydrogens is 202 g/mol. The molecule has 0 radical (unpaired) electrons. The van der Waals surface area contributed by atoms with Gasteiger partial charge in [0, 0.05) is 12.5 Å². The normalized spacial score (nSPS) is 42.5. The van der Waals surface area contributed by atoms with Crippen LogP contribution in [-0.2, 0) is 14.6 Å². The first-order chi connectivity index (χ1) is 6.52. The Kier molecular flexibility index (Phi) is 2.57. The van der Waals surface area contributed by atoms with E-state index in [0.717, 1.165) is 19.4 Å². The van der Waals surface area contributed by atoms with E-state index >= 15 is 0 Å². The van der Waals surface area contributed by atoms with Crippen molar-refractivity contribution in [2.24, 2.45) is 5.92 Å². The van der Waals surface area contributed by atoms with E-state index < -0.39 is 15.6 Å². The molecule has 0 aromatic carbocycles. The summed E-state index contributed by atoms with van der Waals surface area (Å²) in [5.74, 6) is 0.736. The molecule has 4 nitrogen and oxygen atoms in total. The van der Waals surface area contributed by atoms with Crippen LogP contribution in [0.5, 0.6) is 0 Å². The number of sulfone groups is 1. The van der Waals surface area contributed by atoms with E-state index in [1.807, 2.05) is 6.92 Å². The third kappa shape index (κ3) is 1.94. The lowest BCUT2D eigenvalue weighted by Gasteiger charge is -2.35. The minimum atomic E-state index is -2.83. The second-order valence-electron chi connectivity index (χ2n) is 4.34. The standard InChI is InChI=1S/C9H17NO3S/c1-9(10-4-5-13-9)8-3-2-6-14(11,12)7-8/h8,10H,2-7H2,1H3. The van der Waals surface area contributed by atoms with E-state index in [9.17, 15) is 8.42 Å². The van der Waals surface area contributed by atoms with Crippen LogP contribution in [0.15, 0.2) is 0 Å². The summed E-state index contributed by atoms with van der Waals surface area (Å²) in [5, 5.41) is 3.25. The summed E-state index contributed by atoms with van der Waals surface area (Å²) in [6.45, 7) is 3.48. The maximum absolute atomic E-state index is 11.5. The largest absolute Gasteiger partial charge is 0.359 e.